The van der Waals surface area contributed by atoms with Gasteiger partial charge < -0.3 is 5.32 Å². The molecular formula is C11H24N2. The van der Waals surface area contributed by atoms with Gasteiger partial charge in [0.1, 0.15) is 0 Å². The van der Waals surface area contributed by atoms with Crippen LogP contribution in [0, 0.1) is 11.8 Å². The molecule has 13 heavy (non-hydrogen) atoms. The molecule has 1 fully saturated rings. The van der Waals surface area contributed by atoms with Gasteiger partial charge in [-0.25, -0.2) is 0 Å². The topological polar surface area (TPSA) is 15.3 Å². The Morgan fingerprint density at radius 1 is 1.38 bits per heavy atom. The minimum absolute atomic E-state index is 0.718. The first-order chi connectivity index (χ1) is 6.11. The van der Waals surface area contributed by atoms with Crippen molar-refractivity contribution in [2.75, 3.05) is 26.2 Å². The number of nitrogens with zero attached hydrogens (tertiary/aromatic N) is 1. The average Bonchev–Trinajstić information content (AvgIpc) is 2.08. The Hall–Kier alpha value is -0.0800. The highest BCUT2D eigenvalue weighted by Gasteiger charge is 2.20. The summed E-state index contributed by atoms with van der Waals surface area (Å²) in [4.78, 5) is 2.61. The summed E-state index contributed by atoms with van der Waals surface area (Å²) in [6.07, 6.45) is 0. The Morgan fingerprint density at radius 3 is 2.62 bits per heavy atom. The Labute approximate surface area is 82.7 Å². The van der Waals surface area contributed by atoms with Crippen molar-refractivity contribution in [2.24, 2.45) is 11.8 Å². The Kier molecular flexibility index (Phi) is 4.20. The summed E-state index contributed by atoms with van der Waals surface area (Å²) in [7, 11) is 0. The fourth-order valence-electron chi connectivity index (χ4n) is 1.74. The van der Waals surface area contributed by atoms with Gasteiger partial charge in [0.15, 0.2) is 0 Å². The minimum atomic E-state index is 0.718. The van der Waals surface area contributed by atoms with E-state index < -0.39 is 0 Å². The average molecular weight is 184 g/mol. The molecule has 0 saturated carbocycles. The standard InChI is InChI=1S/C11H24N2/c1-9(2)10(3)8-13-6-5-12-7-11(13)4/h9-12H,5-8H2,1-4H3. The zero-order valence-corrected chi connectivity index (χ0v) is 9.51. The van der Waals surface area contributed by atoms with Gasteiger partial charge in [0, 0.05) is 32.2 Å². The summed E-state index contributed by atoms with van der Waals surface area (Å²) in [5.41, 5.74) is 0. The molecule has 0 bridgehead atoms. The van der Waals surface area contributed by atoms with Gasteiger partial charge >= 0.3 is 0 Å². The normalized spacial score (nSPS) is 27.9. The number of nitrogens with one attached hydrogen (secondary N) is 1. The Balaban J connectivity index is 2.33. The van der Waals surface area contributed by atoms with Crippen molar-refractivity contribution in [2.45, 2.75) is 33.7 Å². The molecule has 1 rings (SSSR count). The van der Waals surface area contributed by atoms with Gasteiger partial charge in [0.25, 0.3) is 0 Å². The van der Waals surface area contributed by atoms with E-state index in [1.807, 2.05) is 0 Å². The Morgan fingerprint density at radius 2 is 2.08 bits per heavy atom. The van der Waals surface area contributed by atoms with Gasteiger partial charge in [0.05, 0.1) is 0 Å². The zero-order valence-electron chi connectivity index (χ0n) is 9.51. The first-order valence-electron chi connectivity index (χ1n) is 5.56. The molecule has 1 heterocycles. The molecule has 1 saturated heterocycles. The summed E-state index contributed by atoms with van der Waals surface area (Å²) in [5.74, 6) is 1.63. The third-order valence-electron chi connectivity index (χ3n) is 3.30. The third-order valence-corrected chi connectivity index (χ3v) is 3.30. The van der Waals surface area contributed by atoms with Crippen LogP contribution in [-0.4, -0.2) is 37.1 Å². The summed E-state index contributed by atoms with van der Waals surface area (Å²) in [6, 6.07) is 0.718. The van der Waals surface area contributed by atoms with Gasteiger partial charge in [-0.1, -0.05) is 20.8 Å². The molecule has 0 aromatic carbocycles. The molecule has 1 aliphatic rings. The smallest absolute Gasteiger partial charge is 0.0193 e. The molecule has 0 spiro atoms. The van der Waals surface area contributed by atoms with Gasteiger partial charge in [-0.3, -0.25) is 4.90 Å². The van der Waals surface area contributed by atoms with Crippen LogP contribution in [0.4, 0.5) is 0 Å². The minimum Gasteiger partial charge on any atom is -0.314 e. The van der Waals surface area contributed by atoms with E-state index in [-0.39, 0.29) is 0 Å². The number of hydrogen-bond donors (Lipinski definition) is 1. The first kappa shape index (κ1) is 11.0. The van der Waals surface area contributed by atoms with E-state index >= 15 is 0 Å². The van der Waals surface area contributed by atoms with Crippen LogP contribution in [0.3, 0.4) is 0 Å². The molecule has 2 unspecified atom stereocenters. The second-order valence-corrected chi connectivity index (χ2v) is 4.77. The fraction of sp³-hybridized carbons (Fsp3) is 1.00. The van der Waals surface area contributed by atoms with E-state index in [4.69, 9.17) is 0 Å². The van der Waals surface area contributed by atoms with Crippen LogP contribution in [0.2, 0.25) is 0 Å². The van der Waals surface area contributed by atoms with Crippen LogP contribution in [0.5, 0.6) is 0 Å². The van der Waals surface area contributed by atoms with Crippen molar-refractivity contribution in [1.29, 1.82) is 0 Å². The van der Waals surface area contributed by atoms with Crippen LogP contribution in [0.1, 0.15) is 27.7 Å². The fourth-order valence-corrected chi connectivity index (χ4v) is 1.74. The maximum atomic E-state index is 3.43. The maximum Gasteiger partial charge on any atom is 0.0193 e. The monoisotopic (exact) mass is 184 g/mol. The second kappa shape index (κ2) is 4.97. The van der Waals surface area contributed by atoms with Crippen molar-refractivity contribution < 1.29 is 0 Å². The molecule has 2 atom stereocenters. The van der Waals surface area contributed by atoms with E-state index in [1.54, 1.807) is 0 Å². The highest BCUT2D eigenvalue weighted by Crippen LogP contribution is 2.13. The number of rotatable bonds is 3. The summed E-state index contributed by atoms with van der Waals surface area (Å²) < 4.78 is 0. The molecule has 78 valence electrons. The van der Waals surface area contributed by atoms with E-state index in [1.165, 1.54) is 13.1 Å². The van der Waals surface area contributed by atoms with E-state index in [2.05, 4.69) is 37.9 Å². The van der Waals surface area contributed by atoms with Crippen LogP contribution >= 0.6 is 0 Å². The lowest BCUT2D eigenvalue weighted by molar-refractivity contribution is 0.138. The molecule has 2 nitrogen and oxygen atoms in total. The summed E-state index contributed by atoms with van der Waals surface area (Å²) in [6.45, 7) is 14.1. The van der Waals surface area contributed by atoms with Crippen LogP contribution < -0.4 is 5.32 Å². The predicted octanol–water partition coefficient (Wildman–Crippen LogP) is 1.57. The SMILES string of the molecule is CC(C)C(C)CN1CCNCC1C. The van der Waals surface area contributed by atoms with Crippen molar-refractivity contribution in [3.63, 3.8) is 0 Å². The maximum absolute atomic E-state index is 3.43. The van der Waals surface area contributed by atoms with Crippen molar-refractivity contribution in [3.05, 3.63) is 0 Å². The van der Waals surface area contributed by atoms with Gasteiger partial charge in [-0.05, 0) is 18.8 Å². The van der Waals surface area contributed by atoms with Crippen molar-refractivity contribution in [1.82, 2.24) is 10.2 Å². The molecule has 2 heteroatoms. The summed E-state index contributed by atoms with van der Waals surface area (Å²) >= 11 is 0. The molecule has 0 aromatic rings. The van der Waals surface area contributed by atoms with E-state index in [9.17, 15) is 0 Å². The van der Waals surface area contributed by atoms with E-state index in [0.29, 0.717) is 0 Å². The van der Waals surface area contributed by atoms with Crippen LogP contribution in [0.25, 0.3) is 0 Å². The van der Waals surface area contributed by atoms with Crippen LogP contribution in [0.15, 0.2) is 0 Å². The lowest BCUT2D eigenvalue weighted by atomic mass is 9.96. The quantitative estimate of drug-likeness (QED) is 0.716. The van der Waals surface area contributed by atoms with Crippen molar-refractivity contribution >= 4 is 0 Å². The Bertz CT molecular complexity index is 145. The van der Waals surface area contributed by atoms with Gasteiger partial charge in [-0.2, -0.15) is 0 Å². The van der Waals surface area contributed by atoms with Crippen LogP contribution in [-0.2, 0) is 0 Å². The highest BCUT2D eigenvalue weighted by atomic mass is 15.2. The molecule has 0 amide bonds. The highest BCUT2D eigenvalue weighted by molar-refractivity contribution is 4.77. The molecule has 1 aliphatic heterocycles. The third kappa shape index (κ3) is 3.28. The van der Waals surface area contributed by atoms with Gasteiger partial charge in [0.2, 0.25) is 0 Å². The molecule has 1 N–H and O–H groups in total. The molecule has 0 aliphatic carbocycles. The lowest BCUT2D eigenvalue weighted by Gasteiger charge is -2.36. The number of piperazine rings is 1. The zero-order chi connectivity index (χ0) is 9.84. The number of hydrogen-bond acceptors (Lipinski definition) is 2. The molecular weight excluding hydrogens is 160 g/mol. The van der Waals surface area contributed by atoms with Gasteiger partial charge in [-0.15, -0.1) is 0 Å². The lowest BCUT2D eigenvalue weighted by Crippen LogP contribution is -2.51. The van der Waals surface area contributed by atoms with Crippen molar-refractivity contribution in [3.8, 4) is 0 Å². The largest absolute Gasteiger partial charge is 0.314 e. The van der Waals surface area contributed by atoms with E-state index in [0.717, 1.165) is 31.0 Å². The molecule has 0 aromatic heterocycles. The summed E-state index contributed by atoms with van der Waals surface area (Å²) in [5, 5.41) is 3.43. The predicted molar refractivity (Wildman–Crippen MR) is 57.9 cm³/mol. The first-order valence-corrected chi connectivity index (χ1v) is 5.56. The second-order valence-electron chi connectivity index (χ2n) is 4.77. The molecule has 0 radical (unpaired) electrons.